The van der Waals surface area contributed by atoms with E-state index in [-0.39, 0.29) is 18.4 Å². The fourth-order valence-corrected chi connectivity index (χ4v) is 3.11. The first-order valence-corrected chi connectivity index (χ1v) is 8.52. The van der Waals surface area contributed by atoms with Gasteiger partial charge in [-0.15, -0.1) is 0 Å². The molecule has 0 aromatic rings. The van der Waals surface area contributed by atoms with Crippen molar-refractivity contribution in [1.82, 2.24) is 10.4 Å². The van der Waals surface area contributed by atoms with Gasteiger partial charge in [0, 0.05) is 6.42 Å². The minimum absolute atomic E-state index is 0.0335. The van der Waals surface area contributed by atoms with Gasteiger partial charge in [0.1, 0.15) is 6.04 Å². The summed E-state index contributed by atoms with van der Waals surface area (Å²) in [6, 6.07) is -1.29. The quantitative estimate of drug-likeness (QED) is 0.562. The summed E-state index contributed by atoms with van der Waals surface area (Å²) >= 11 is 0. The van der Waals surface area contributed by atoms with Crippen molar-refractivity contribution in [2.45, 2.75) is 64.1 Å². The maximum Gasteiger partial charge on any atom is 0.331 e. The Morgan fingerprint density at radius 1 is 1.42 bits per heavy atom. The molecule has 1 N–H and O–H groups in total. The van der Waals surface area contributed by atoms with E-state index in [1.165, 1.54) is 12.2 Å². The van der Waals surface area contributed by atoms with Crippen molar-refractivity contribution < 1.29 is 23.9 Å². The second-order valence-electron chi connectivity index (χ2n) is 6.76. The third kappa shape index (κ3) is 3.66. The summed E-state index contributed by atoms with van der Waals surface area (Å²) < 4.78 is 10.2. The van der Waals surface area contributed by atoms with Gasteiger partial charge in [0.25, 0.3) is 5.91 Å². The second kappa shape index (κ2) is 7.42. The van der Waals surface area contributed by atoms with Crippen molar-refractivity contribution >= 4 is 11.9 Å². The van der Waals surface area contributed by atoms with E-state index < -0.39 is 23.7 Å². The monoisotopic (exact) mass is 340 g/mol. The topological polar surface area (TPSA) is 77.1 Å². The van der Waals surface area contributed by atoms with Crippen LogP contribution in [0.2, 0.25) is 0 Å². The van der Waals surface area contributed by atoms with Crippen LogP contribution in [-0.4, -0.2) is 48.3 Å². The average molecular weight is 340 g/mol. The molecule has 1 unspecified atom stereocenters. The van der Waals surface area contributed by atoms with E-state index in [9.17, 15) is 9.59 Å². The largest absolute Gasteiger partial charge is 0.483 e. The minimum atomic E-state index is -0.698. The SMILES string of the molecule is C=C(N[C@H](C(=O)N1OC2(CCC2)CC1C(=O)OCC)C(C)C)OC. The molecule has 1 heterocycles. The van der Waals surface area contributed by atoms with Crippen LogP contribution >= 0.6 is 0 Å². The Kier molecular flexibility index (Phi) is 5.74. The van der Waals surface area contributed by atoms with Gasteiger partial charge in [-0.3, -0.25) is 9.63 Å². The zero-order chi connectivity index (χ0) is 17.9. The van der Waals surface area contributed by atoms with Gasteiger partial charge in [-0.25, -0.2) is 9.86 Å². The highest BCUT2D eigenvalue weighted by molar-refractivity contribution is 5.87. The van der Waals surface area contributed by atoms with Crippen molar-refractivity contribution in [3.8, 4) is 0 Å². The highest BCUT2D eigenvalue weighted by Crippen LogP contribution is 2.46. The maximum absolute atomic E-state index is 13.0. The molecule has 2 aliphatic rings. The zero-order valence-corrected chi connectivity index (χ0v) is 15.0. The number of ether oxygens (including phenoxy) is 2. The van der Waals surface area contributed by atoms with Crippen LogP contribution < -0.4 is 5.32 Å². The van der Waals surface area contributed by atoms with Crippen LogP contribution in [-0.2, 0) is 23.9 Å². The number of nitrogens with one attached hydrogen (secondary N) is 1. The molecule has 1 aliphatic carbocycles. The van der Waals surface area contributed by atoms with Crippen LogP contribution in [0.1, 0.15) is 46.5 Å². The van der Waals surface area contributed by atoms with Gasteiger partial charge >= 0.3 is 5.97 Å². The molecule has 1 spiro atoms. The Morgan fingerprint density at radius 3 is 2.54 bits per heavy atom. The number of amides is 1. The number of hydroxylamine groups is 2. The van der Waals surface area contributed by atoms with Crippen LogP contribution in [0.3, 0.4) is 0 Å². The first kappa shape index (κ1) is 18.6. The number of carbonyl (C=O) groups excluding carboxylic acids is 2. The third-order valence-electron chi connectivity index (χ3n) is 4.68. The zero-order valence-electron chi connectivity index (χ0n) is 15.0. The van der Waals surface area contributed by atoms with Crippen LogP contribution in [0.15, 0.2) is 12.5 Å². The van der Waals surface area contributed by atoms with Crippen molar-refractivity contribution in [3.63, 3.8) is 0 Å². The fourth-order valence-electron chi connectivity index (χ4n) is 3.11. The van der Waals surface area contributed by atoms with Gasteiger partial charge < -0.3 is 14.8 Å². The molecule has 2 atom stereocenters. The lowest BCUT2D eigenvalue weighted by Gasteiger charge is -2.37. The number of esters is 1. The highest BCUT2D eigenvalue weighted by atomic mass is 16.7. The summed E-state index contributed by atoms with van der Waals surface area (Å²) in [7, 11) is 1.48. The maximum atomic E-state index is 13.0. The molecular weight excluding hydrogens is 312 g/mol. The van der Waals surface area contributed by atoms with Gasteiger partial charge in [0.2, 0.25) is 0 Å². The van der Waals surface area contributed by atoms with E-state index in [1.54, 1.807) is 6.92 Å². The second-order valence-corrected chi connectivity index (χ2v) is 6.76. The van der Waals surface area contributed by atoms with E-state index in [4.69, 9.17) is 14.3 Å². The molecule has 7 heteroatoms. The van der Waals surface area contributed by atoms with Crippen molar-refractivity contribution in [3.05, 3.63) is 12.5 Å². The van der Waals surface area contributed by atoms with Crippen LogP contribution in [0.4, 0.5) is 0 Å². The molecule has 0 aromatic carbocycles. The van der Waals surface area contributed by atoms with Crippen LogP contribution in [0.5, 0.6) is 0 Å². The standard InChI is InChI=1S/C17H28N2O5/c1-6-23-16(21)13-10-17(8-7-9-17)24-19(13)15(20)14(11(2)3)18-12(4)22-5/h11,13-14,18H,4,6-10H2,1-3,5H3/t13?,14-/m0/s1. The Bertz CT molecular complexity index is 501. The summed E-state index contributed by atoms with van der Waals surface area (Å²) in [5, 5.41) is 4.18. The Morgan fingerprint density at radius 2 is 2.08 bits per heavy atom. The first-order chi connectivity index (χ1) is 11.3. The molecule has 1 saturated carbocycles. The average Bonchev–Trinajstić information content (AvgIpc) is 2.93. The predicted octanol–water partition coefficient (Wildman–Crippen LogP) is 1.74. The number of nitrogens with zero attached hydrogens (tertiary/aromatic N) is 1. The lowest BCUT2D eigenvalue weighted by atomic mass is 9.77. The molecule has 0 bridgehead atoms. The third-order valence-corrected chi connectivity index (χ3v) is 4.68. The normalized spacial score (nSPS) is 22.9. The van der Waals surface area contributed by atoms with E-state index >= 15 is 0 Å². The molecule has 1 amide bonds. The van der Waals surface area contributed by atoms with Crippen LogP contribution in [0, 0.1) is 5.92 Å². The molecule has 7 nitrogen and oxygen atoms in total. The molecule has 136 valence electrons. The van der Waals surface area contributed by atoms with Crippen molar-refractivity contribution in [1.29, 1.82) is 0 Å². The van der Waals surface area contributed by atoms with Gasteiger partial charge in [-0.2, -0.15) is 0 Å². The van der Waals surface area contributed by atoms with Crippen molar-refractivity contribution in [2.24, 2.45) is 5.92 Å². The minimum Gasteiger partial charge on any atom is -0.483 e. The fraction of sp³-hybridized carbons (Fsp3) is 0.765. The van der Waals surface area contributed by atoms with Gasteiger partial charge in [-0.1, -0.05) is 13.8 Å². The first-order valence-electron chi connectivity index (χ1n) is 8.52. The van der Waals surface area contributed by atoms with Crippen LogP contribution in [0.25, 0.3) is 0 Å². The molecule has 0 radical (unpaired) electrons. The summed E-state index contributed by atoms with van der Waals surface area (Å²) in [6.45, 7) is 9.55. The molecule has 0 aromatic heterocycles. The summed E-state index contributed by atoms with van der Waals surface area (Å²) in [6.07, 6.45) is 3.26. The number of carbonyl (C=O) groups is 2. The Hall–Kier alpha value is -1.76. The van der Waals surface area contributed by atoms with E-state index in [1.807, 2.05) is 13.8 Å². The van der Waals surface area contributed by atoms with Gasteiger partial charge in [0.05, 0.1) is 19.3 Å². The summed E-state index contributed by atoms with van der Waals surface area (Å²) in [5.41, 5.74) is -0.396. The molecule has 2 rings (SSSR count). The Labute approximate surface area is 143 Å². The molecule has 24 heavy (non-hydrogen) atoms. The van der Waals surface area contributed by atoms with Gasteiger partial charge in [0.15, 0.2) is 11.9 Å². The number of hydrogen-bond acceptors (Lipinski definition) is 6. The number of rotatable bonds is 7. The molecule has 1 aliphatic heterocycles. The van der Waals surface area contributed by atoms with Gasteiger partial charge in [-0.05, 0) is 38.7 Å². The summed E-state index contributed by atoms with van der Waals surface area (Å²) in [5.74, 6) is -0.450. The smallest absolute Gasteiger partial charge is 0.331 e. The van der Waals surface area contributed by atoms with Crippen molar-refractivity contribution in [2.75, 3.05) is 13.7 Å². The number of hydrogen-bond donors (Lipinski definition) is 1. The molecule has 1 saturated heterocycles. The highest BCUT2D eigenvalue weighted by Gasteiger charge is 2.55. The predicted molar refractivity (Wildman–Crippen MR) is 87.5 cm³/mol. The van der Waals surface area contributed by atoms with E-state index in [0.29, 0.717) is 12.3 Å². The summed E-state index contributed by atoms with van der Waals surface area (Å²) in [4.78, 5) is 31.3. The van der Waals surface area contributed by atoms with E-state index in [0.717, 1.165) is 19.3 Å². The Balaban J connectivity index is 2.18. The number of methoxy groups -OCH3 is 1. The van der Waals surface area contributed by atoms with E-state index in [2.05, 4.69) is 11.9 Å². The molecule has 2 fully saturated rings. The molecular formula is C17H28N2O5. The lowest BCUT2D eigenvalue weighted by Crippen LogP contribution is -2.52. The lowest BCUT2D eigenvalue weighted by molar-refractivity contribution is -0.230.